The normalized spacial score (nSPS) is 11.8. The molecule has 0 radical (unpaired) electrons. The zero-order valence-corrected chi connectivity index (χ0v) is 15.9. The van der Waals surface area contributed by atoms with E-state index in [4.69, 9.17) is 4.42 Å². The van der Waals surface area contributed by atoms with E-state index < -0.39 is 9.84 Å². The van der Waals surface area contributed by atoms with Crippen LogP contribution in [0.2, 0.25) is 0 Å². The lowest BCUT2D eigenvalue weighted by Gasteiger charge is -2.04. The van der Waals surface area contributed by atoms with Gasteiger partial charge in [-0.25, -0.2) is 8.42 Å². The molecule has 0 spiro atoms. The third-order valence-corrected chi connectivity index (χ3v) is 6.29. The van der Waals surface area contributed by atoms with Gasteiger partial charge in [-0.15, -0.1) is 0 Å². The summed E-state index contributed by atoms with van der Waals surface area (Å²) in [4.78, 5) is 4.55. The van der Waals surface area contributed by atoms with Crippen LogP contribution in [0.25, 0.3) is 11.5 Å². The van der Waals surface area contributed by atoms with Crippen molar-refractivity contribution in [1.82, 2.24) is 4.98 Å². The van der Waals surface area contributed by atoms with Crippen molar-refractivity contribution in [3.8, 4) is 11.5 Å². The molecule has 25 heavy (non-hydrogen) atoms. The molecule has 3 rings (SSSR count). The van der Waals surface area contributed by atoms with Crippen LogP contribution in [0.5, 0.6) is 0 Å². The number of benzene rings is 2. The summed E-state index contributed by atoms with van der Waals surface area (Å²) in [7, 11) is -3.74. The highest BCUT2D eigenvalue weighted by atomic mass is 32.2. The highest BCUT2D eigenvalue weighted by molar-refractivity contribution is 8.00. The van der Waals surface area contributed by atoms with Gasteiger partial charge in [-0.3, -0.25) is 0 Å². The van der Waals surface area contributed by atoms with Crippen molar-refractivity contribution < 1.29 is 12.8 Å². The van der Waals surface area contributed by atoms with Gasteiger partial charge in [0.25, 0.3) is 0 Å². The van der Waals surface area contributed by atoms with Gasteiger partial charge in [-0.05, 0) is 31.2 Å². The lowest BCUT2D eigenvalue weighted by molar-refractivity contribution is 0.469. The second-order valence-corrected chi connectivity index (χ2v) is 9.38. The summed E-state index contributed by atoms with van der Waals surface area (Å²) in [6, 6.07) is 16.0. The van der Waals surface area contributed by atoms with Crippen molar-refractivity contribution in [2.24, 2.45) is 0 Å². The summed E-state index contributed by atoms with van der Waals surface area (Å²) in [5.74, 6) is 0.317. The Hall–Kier alpha value is -2.05. The number of rotatable bonds is 5. The summed E-state index contributed by atoms with van der Waals surface area (Å²) < 4.78 is 31.8. The van der Waals surface area contributed by atoms with Gasteiger partial charge in [0, 0.05) is 10.8 Å². The fraction of sp³-hybridized carbons (Fsp3) is 0.211. The number of aryl methyl sites for hydroxylation is 1. The first kappa shape index (κ1) is 17.8. The van der Waals surface area contributed by atoms with Crippen LogP contribution in [0.1, 0.15) is 19.4 Å². The predicted octanol–water partition coefficient (Wildman–Crippen LogP) is 4.98. The minimum absolute atomic E-state index is 0.0204. The van der Waals surface area contributed by atoms with Crippen LogP contribution in [0.3, 0.4) is 0 Å². The molecule has 0 aliphatic carbocycles. The van der Waals surface area contributed by atoms with E-state index in [-0.39, 0.29) is 15.2 Å². The molecule has 1 aromatic heterocycles. The van der Waals surface area contributed by atoms with E-state index >= 15 is 0 Å². The highest BCUT2D eigenvalue weighted by Crippen LogP contribution is 2.36. The second kappa shape index (κ2) is 7.06. The number of oxazole rings is 1. The molecule has 0 N–H and O–H groups in total. The minimum Gasteiger partial charge on any atom is -0.428 e. The van der Waals surface area contributed by atoms with E-state index in [1.807, 2.05) is 45.0 Å². The molecule has 0 atom stereocenters. The van der Waals surface area contributed by atoms with E-state index in [0.717, 1.165) is 11.1 Å². The average Bonchev–Trinajstić information content (AvgIpc) is 3.00. The molecule has 4 nitrogen and oxygen atoms in total. The summed E-state index contributed by atoms with van der Waals surface area (Å²) in [5.41, 5.74) is 1.87. The van der Waals surface area contributed by atoms with Gasteiger partial charge in [0.15, 0.2) is 0 Å². The lowest BCUT2D eigenvalue weighted by Crippen LogP contribution is -2.04. The Morgan fingerprint density at radius 1 is 1.00 bits per heavy atom. The van der Waals surface area contributed by atoms with E-state index in [1.165, 1.54) is 11.8 Å². The topological polar surface area (TPSA) is 60.2 Å². The summed E-state index contributed by atoms with van der Waals surface area (Å²) in [6.07, 6.45) is 0. The fourth-order valence-electron chi connectivity index (χ4n) is 2.28. The molecule has 2 aromatic carbocycles. The van der Waals surface area contributed by atoms with Crippen LogP contribution in [0.4, 0.5) is 0 Å². The van der Waals surface area contributed by atoms with Crippen molar-refractivity contribution in [2.45, 2.75) is 41.0 Å². The van der Waals surface area contributed by atoms with Crippen LogP contribution in [-0.4, -0.2) is 18.7 Å². The van der Waals surface area contributed by atoms with Crippen LogP contribution in [0.15, 0.2) is 74.0 Å². The van der Waals surface area contributed by atoms with Crippen LogP contribution >= 0.6 is 11.8 Å². The first-order valence-corrected chi connectivity index (χ1v) is 10.3. The largest absolute Gasteiger partial charge is 0.428 e. The summed E-state index contributed by atoms with van der Waals surface area (Å²) in [5, 5.41) is 0.478. The quantitative estimate of drug-likeness (QED) is 0.590. The molecular weight excluding hydrogens is 354 g/mol. The van der Waals surface area contributed by atoms with E-state index in [2.05, 4.69) is 4.98 Å². The zero-order chi connectivity index (χ0) is 18.0. The molecule has 0 unspecified atom stereocenters. The maximum atomic E-state index is 13.0. The molecule has 0 aliphatic heterocycles. The number of hydrogen-bond donors (Lipinski definition) is 0. The van der Waals surface area contributed by atoms with Gasteiger partial charge < -0.3 is 4.42 Å². The van der Waals surface area contributed by atoms with E-state index in [9.17, 15) is 8.42 Å². The smallest absolute Gasteiger partial charge is 0.228 e. The maximum absolute atomic E-state index is 13.0. The third kappa shape index (κ3) is 3.80. The molecule has 0 aliphatic rings. The molecule has 0 saturated heterocycles. The van der Waals surface area contributed by atoms with Gasteiger partial charge in [0.1, 0.15) is 0 Å². The summed E-state index contributed by atoms with van der Waals surface area (Å²) >= 11 is 1.36. The average molecular weight is 373 g/mol. The molecule has 0 saturated carbocycles. The number of thioether (sulfide) groups is 1. The molecule has 3 aromatic rings. The molecule has 130 valence electrons. The number of nitrogens with zero attached hydrogens (tertiary/aromatic N) is 1. The number of aromatic nitrogens is 1. The van der Waals surface area contributed by atoms with Gasteiger partial charge in [-0.1, -0.05) is 61.5 Å². The first-order valence-electron chi connectivity index (χ1n) is 7.92. The minimum atomic E-state index is -3.74. The monoisotopic (exact) mass is 373 g/mol. The molecule has 0 fully saturated rings. The van der Waals surface area contributed by atoms with Crippen molar-refractivity contribution in [2.75, 3.05) is 0 Å². The highest BCUT2D eigenvalue weighted by Gasteiger charge is 2.29. The van der Waals surface area contributed by atoms with Crippen molar-refractivity contribution in [3.05, 3.63) is 60.2 Å². The Morgan fingerprint density at radius 2 is 1.64 bits per heavy atom. The third-order valence-electron chi connectivity index (χ3n) is 3.52. The number of sulfone groups is 1. The van der Waals surface area contributed by atoms with E-state index in [0.29, 0.717) is 11.0 Å². The standard InChI is InChI=1S/C19H19NO3S2/c1-13(2)24-19-18(25(21,22)16-7-5-4-6-8-16)20-17(23-19)15-11-9-14(3)10-12-15/h4-13H,1-3H3. The zero-order valence-electron chi connectivity index (χ0n) is 14.3. The second-order valence-electron chi connectivity index (χ2n) is 5.96. The number of hydrogen-bond acceptors (Lipinski definition) is 5. The SMILES string of the molecule is Cc1ccc(-c2nc(S(=O)(=O)c3ccccc3)c(SC(C)C)o2)cc1. The Labute approximate surface area is 152 Å². The van der Waals surface area contributed by atoms with Gasteiger partial charge in [0.05, 0.1) is 4.90 Å². The Morgan fingerprint density at radius 3 is 2.24 bits per heavy atom. The van der Waals surface area contributed by atoms with Crippen LogP contribution in [0, 0.1) is 6.92 Å². The van der Waals surface area contributed by atoms with Crippen LogP contribution < -0.4 is 0 Å². The van der Waals surface area contributed by atoms with Crippen molar-refractivity contribution in [3.63, 3.8) is 0 Å². The summed E-state index contributed by atoms with van der Waals surface area (Å²) in [6.45, 7) is 5.96. The maximum Gasteiger partial charge on any atom is 0.228 e. The first-order chi connectivity index (χ1) is 11.9. The van der Waals surface area contributed by atoms with Crippen molar-refractivity contribution in [1.29, 1.82) is 0 Å². The predicted molar refractivity (Wildman–Crippen MR) is 99.6 cm³/mol. The van der Waals surface area contributed by atoms with Gasteiger partial charge >= 0.3 is 0 Å². The van der Waals surface area contributed by atoms with Gasteiger partial charge in [0.2, 0.25) is 25.8 Å². The Balaban J connectivity index is 2.13. The molecule has 0 amide bonds. The molecule has 6 heteroatoms. The molecule has 1 heterocycles. The van der Waals surface area contributed by atoms with Gasteiger partial charge in [-0.2, -0.15) is 4.98 Å². The van der Waals surface area contributed by atoms with E-state index in [1.54, 1.807) is 30.3 Å². The molecular formula is C19H19NO3S2. The fourth-order valence-corrected chi connectivity index (χ4v) is 4.66. The Bertz CT molecular complexity index is 960. The van der Waals surface area contributed by atoms with Crippen molar-refractivity contribution >= 4 is 21.6 Å². The lowest BCUT2D eigenvalue weighted by atomic mass is 10.1. The Kier molecular flexibility index (Phi) is 5.01. The van der Waals surface area contributed by atoms with Crippen LogP contribution in [-0.2, 0) is 9.84 Å². The molecule has 0 bridgehead atoms.